The normalized spacial score (nSPS) is 15.0. The third-order valence-electron chi connectivity index (χ3n) is 4.08. The van der Waals surface area contributed by atoms with Crippen molar-refractivity contribution < 1.29 is 23.9 Å². The highest BCUT2D eigenvalue weighted by Gasteiger charge is 2.36. The molecule has 3 rings (SSSR count). The van der Waals surface area contributed by atoms with Gasteiger partial charge in [0.15, 0.2) is 0 Å². The van der Waals surface area contributed by atoms with Gasteiger partial charge in [-0.1, -0.05) is 28.1 Å². The van der Waals surface area contributed by atoms with Gasteiger partial charge in [0.2, 0.25) is 0 Å². The highest BCUT2D eigenvalue weighted by Crippen LogP contribution is 2.35. The van der Waals surface area contributed by atoms with Gasteiger partial charge in [-0.3, -0.25) is 19.3 Å². The monoisotopic (exact) mass is 727 g/mol. The number of amides is 2. The molecule has 1 heterocycles. The second-order valence-corrected chi connectivity index (χ2v) is 10.5. The summed E-state index contributed by atoms with van der Waals surface area (Å²) in [7, 11) is 0. The number of carbonyl (C=O) groups excluding carboxylic acids is 3. The molecule has 0 aromatic heterocycles. The molecule has 162 valence electrons. The molecule has 0 aliphatic carbocycles. The molecule has 2 aromatic rings. The molecule has 1 aliphatic rings. The molecule has 0 radical (unpaired) electrons. The third-order valence-corrected chi connectivity index (χ3v) is 7.12. The lowest BCUT2D eigenvalue weighted by molar-refractivity contribution is -0.145. The molecule has 0 N–H and O–H groups in total. The predicted octanol–water partition coefficient (Wildman–Crippen LogP) is 5.84. The second-order valence-electron chi connectivity index (χ2n) is 6.30. The van der Waals surface area contributed by atoms with Crippen LogP contribution < -0.4 is 4.74 Å². The molecular weight excluding hydrogens is 712 g/mol. The van der Waals surface area contributed by atoms with E-state index in [0.717, 1.165) is 45.2 Å². The van der Waals surface area contributed by atoms with Crippen LogP contribution in [0, 0.1) is 7.14 Å². The fraction of sp³-hybridized carbons (Fsp3) is 0.190. The third kappa shape index (κ3) is 6.45. The Balaban J connectivity index is 1.74. The first-order valence-corrected chi connectivity index (χ1v) is 12.8. The summed E-state index contributed by atoms with van der Waals surface area (Å²) >= 11 is 8.61. The van der Waals surface area contributed by atoms with Crippen LogP contribution >= 0.6 is 72.9 Å². The van der Waals surface area contributed by atoms with Crippen molar-refractivity contribution in [1.82, 2.24) is 4.90 Å². The van der Waals surface area contributed by atoms with Crippen LogP contribution in [0.2, 0.25) is 0 Å². The van der Waals surface area contributed by atoms with Gasteiger partial charge in [-0.05, 0) is 105 Å². The Kier molecular flexibility index (Phi) is 8.82. The van der Waals surface area contributed by atoms with Crippen LogP contribution in [0.5, 0.6) is 5.75 Å². The van der Waals surface area contributed by atoms with Crippen molar-refractivity contribution in [3.63, 3.8) is 0 Å². The van der Waals surface area contributed by atoms with Crippen LogP contribution in [-0.4, -0.2) is 35.2 Å². The largest absolute Gasteiger partial charge is 0.487 e. The Hall–Kier alpha value is -1.12. The fourth-order valence-corrected chi connectivity index (χ4v) is 5.89. The van der Waals surface area contributed by atoms with E-state index < -0.39 is 17.1 Å². The average molecular weight is 728 g/mol. The predicted molar refractivity (Wildman–Crippen MR) is 140 cm³/mol. The number of hydrogen-bond donors (Lipinski definition) is 0. The molecule has 31 heavy (non-hydrogen) atoms. The number of esters is 1. The summed E-state index contributed by atoms with van der Waals surface area (Å²) in [6.45, 7) is 1.91. The zero-order valence-corrected chi connectivity index (χ0v) is 22.9. The number of rotatable bonds is 7. The van der Waals surface area contributed by atoms with Crippen LogP contribution in [0.1, 0.15) is 18.1 Å². The number of halogens is 3. The lowest BCUT2D eigenvalue weighted by atomic mass is 10.2. The number of imide groups is 1. The van der Waals surface area contributed by atoms with Gasteiger partial charge in [0.1, 0.15) is 18.9 Å². The summed E-state index contributed by atoms with van der Waals surface area (Å²) in [5, 5.41) is -0.483. The van der Waals surface area contributed by atoms with Crippen molar-refractivity contribution in [2.45, 2.75) is 13.5 Å². The number of thioether (sulfide) groups is 1. The van der Waals surface area contributed by atoms with E-state index in [0.29, 0.717) is 6.61 Å². The zero-order chi connectivity index (χ0) is 22.5. The van der Waals surface area contributed by atoms with Crippen LogP contribution in [0.4, 0.5) is 4.79 Å². The lowest BCUT2D eigenvalue weighted by Gasteiger charge is -2.12. The summed E-state index contributed by atoms with van der Waals surface area (Å²) < 4.78 is 13.6. The van der Waals surface area contributed by atoms with Gasteiger partial charge in [-0.25, -0.2) is 0 Å². The minimum atomic E-state index is -0.609. The number of nitrogens with zero attached hydrogens (tertiary/aromatic N) is 1. The van der Waals surface area contributed by atoms with E-state index in [1.165, 1.54) is 0 Å². The molecule has 0 atom stereocenters. The van der Waals surface area contributed by atoms with E-state index in [4.69, 9.17) is 9.47 Å². The summed E-state index contributed by atoms with van der Waals surface area (Å²) in [6.07, 6.45) is 1.65. The highest BCUT2D eigenvalue weighted by atomic mass is 127. The molecule has 1 saturated heterocycles. The molecule has 10 heteroatoms. The van der Waals surface area contributed by atoms with Gasteiger partial charge in [0.05, 0.1) is 18.7 Å². The van der Waals surface area contributed by atoms with E-state index >= 15 is 0 Å². The average Bonchev–Trinajstić information content (AvgIpc) is 2.96. The molecule has 1 fully saturated rings. The van der Waals surface area contributed by atoms with Crippen molar-refractivity contribution in [2.24, 2.45) is 0 Å². The summed E-state index contributed by atoms with van der Waals surface area (Å²) in [6, 6.07) is 11.7. The Morgan fingerprint density at radius 1 is 1.16 bits per heavy atom. The van der Waals surface area contributed by atoms with Crippen molar-refractivity contribution >= 4 is 96.1 Å². The topological polar surface area (TPSA) is 72.9 Å². The van der Waals surface area contributed by atoms with Gasteiger partial charge in [0, 0.05) is 4.47 Å². The Labute approximate surface area is 219 Å². The van der Waals surface area contributed by atoms with Gasteiger partial charge in [-0.2, -0.15) is 0 Å². The van der Waals surface area contributed by atoms with Gasteiger partial charge >= 0.3 is 5.97 Å². The standard InChI is InChI=1S/C21H16BrI2NO5S/c1-2-29-18(26)10-25-20(27)17(31-21(25)28)9-13-7-15(23)19(16(24)8-13)30-11-12-3-5-14(22)6-4-12/h3-9H,2,10-11H2,1H3/b17-9-. The second kappa shape index (κ2) is 11.1. The molecule has 0 spiro atoms. The molecule has 0 saturated carbocycles. The highest BCUT2D eigenvalue weighted by molar-refractivity contribution is 14.1. The fourth-order valence-electron chi connectivity index (χ4n) is 2.66. The number of ether oxygens (including phenoxy) is 2. The molecule has 6 nitrogen and oxygen atoms in total. The first kappa shape index (κ1) is 24.5. The molecule has 2 aromatic carbocycles. The summed E-state index contributed by atoms with van der Waals surface area (Å²) in [4.78, 5) is 37.5. The minimum Gasteiger partial charge on any atom is -0.487 e. The molecule has 0 unspecified atom stereocenters. The molecule has 2 amide bonds. The Bertz CT molecular complexity index is 1040. The van der Waals surface area contributed by atoms with Crippen LogP contribution in [0.3, 0.4) is 0 Å². The van der Waals surface area contributed by atoms with Gasteiger partial charge in [0.25, 0.3) is 11.1 Å². The smallest absolute Gasteiger partial charge is 0.326 e. The number of benzene rings is 2. The first-order valence-electron chi connectivity index (χ1n) is 9.05. The number of hydrogen-bond acceptors (Lipinski definition) is 6. The maximum Gasteiger partial charge on any atom is 0.326 e. The van der Waals surface area contributed by atoms with Crippen molar-refractivity contribution in [2.75, 3.05) is 13.2 Å². The van der Waals surface area contributed by atoms with E-state index in [1.54, 1.807) is 13.0 Å². The zero-order valence-electron chi connectivity index (χ0n) is 16.2. The summed E-state index contributed by atoms with van der Waals surface area (Å²) in [5.74, 6) is -0.345. The van der Waals surface area contributed by atoms with E-state index in [9.17, 15) is 14.4 Å². The van der Waals surface area contributed by atoms with Crippen molar-refractivity contribution in [3.05, 3.63) is 64.0 Å². The van der Waals surface area contributed by atoms with E-state index in [2.05, 4.69) is 61.1 Å². The minimum absolute atomic E-state index is 0.192. The first-order chi connectivity index (χ1) is 14.8. The van der Waals surface area contributed by atoms with E-state index in [-0.39, 0.29) is 18.1 Å². The Morgan fingerprint density at radius 2 is 1.81 bits per heavy atom. The quantitative estimate of drug-likeness (QED) is 0.203. The molecule has 1 aliphatic heterocycles. The maximum absolute atomic E-state index is 12.6. The van der Waals surface area contributed by atoms with Gasteiger partial charge < -0.3 is 9.47 Å². The van der Waals surface area contributed by atoms with Gasteiger partial charge in [-0.15, -0.1) is 0 Å². The Morgan fingerprint density at radius 3 is 2.42 bits per heavy atom. The SMILES string of the molecule is CCOC(=O)CN1C(=O)S/C(=C\c2cc(I)c(OCc3ccc(Br)cc3)c(I)c2)C1=O. The van der Waals surface area contributed by atoms with Crippen LogP contribution in [-0.2, 0) is 20.9 Å². The summed E-state index contributed by atoms with van der Waals surface area (Å²) in [5.41, 5.74) is 1.82. The van der Waals surface area contributed by atoms with Crippen LogP contribution in [0.15, 0.2) is 45.8 Å². The lowest BCUT2D eigenvalue weighted by Crippen LogP contribution is -2.34. The number of carbonyl (C=O) groups is 3. The molecule has 0 bridgehead atoms. The molecular formula is C21H16BrI2NO5S. The van der Waals surface area contributed by atoms with Crippen LogP contribution in [0.25, 0.3) is 6.08 Å². The maximum atomic E-state index is 12.6. The van der Waals surface area contributed by atoms with Crippen molar-refractivity contribution in [3.8, 4) is 5.75 Å². The van der Waals surface area contributed by atoms with Crippen molar-refractivity contribution in [1.29, 1.82) is 0 Å². The van der Waals surface area contributed by atoms with E-state index in [1.807, 2.05) is 36.4 Å².